The van der Waals surface area contributed by atoms with E-state index >= 15 is 0 Å². The highest BCUT2D eigenvalue weighted by Gasteiger charge is 2.70. The van der Waals surface area contributed by atoms with Crippen LogP contribution in [0.5, 0.6) is 0 Å². The van der Waals surface area contributed by atoms with Gasteiger partial charge in [-0.05, 0) is 41.2 Å². The van der Waals surface area contributed by atoms with Crippen LogP contribution >= 0.6 is 0 Å². The maximum atomic E-state index is 5.91. The van der Waals surface area contributed by atoms with Gasteiger partial charge in [0.1, 0.15) is 0 Å². The third-order valence-electron chi connectivity index (χ3n) is 6.60. The van der Waals surface area contributed by atoms with Crippen LogP contribution in [0.3, 0.4) is 0 Å². The van der Waals surface area contributed by atoms with Crippen LogP contribution in [0.4, 0.5) is 0 Å². The van der Waals surface area contributed by atoms with Gasteiger partial charge in [0.2, 0.25) is 0 Å². The van der Waals surface area contributed by atoms with Crippen LogP contribution in [-0.2, 0) is 9.47 Å². The molecule has 0 aromatic heterocycles. The number of benzene rings is 1. The van der Waals surface area contributed by atoms with Gasteiger partial charge in [-0.15, -0.1) is 0 Å². The zero-order chi connectivity index (χ0) is 13.5. The highest BCUT2D eigenvalue weighted by molar-refractivity contribution is 5.47. The summed E-state index contributed by atoms with van der Waals surface area (Å²) < 4.78 is 11.8. The molecule has 0 radical (unpaired) electrons. The minimum Gasteiger partial charge on any atom is -0.352 e. The fourth-order valence-corrected chi connectivity index (χ4v) is 6.11. The molecule has 4 bridgehead atoms. The Morgan fingerprint density at radius 2 is 1.40 bits per heavy atom. The molecule has 5 rings (SSSR count). The molecule has 6 atom stereocenters. The van der Waals surface area contributed by atoms with Crippen LogP contribution in [0.2, 0.25) is 0 Å². The molecule has 4 aliphatic rings. The molecule has 0 aliphatic heterocycles. The molecule has 1 aromatic rings. The van der Waals surface area contributed by atoms with Crippen molar-refractivity contribution in [2.24, 2.45) is 23.7 Å². The summed E-state index contributed by atoms with van der Waals surface area (Å²) in [5.74, 6) is 3.31. The summed E-state index contributed by atoms with van der Waals surface area (Å²) in [6.07, 6.45) is 6.07. The molecular weight excluding hydrogens is 248 g/mol. The lowest BCUT2D eigenvalue weighted by Gasteiger charge is -2.33. The molecular formula is C18H20O2. The van der Waals surface area contributed by atoms with Crippen molar-refractivity contribution < 1.29 is 9.47 Å². The third-order valence-corrected chi connectivity index (χ3v) is 6.60. The van der Waals surface area contributed by atoms with Crippen LogP contribution in [0.1, 0.15) is 29.4 Å². The second-order valence-corrected chi connectivity index (χ2v) is 6.80. The summed E-state index contributed by atoms with van der Waals surface area (Å²) >= 11 is 0. The average Bonchev–Trinajstić information content (AvgIpc) is 3.22. The molecule has 20 heavy (non-hydrogen) atoms. The second kappa shape index (κ2) is 3.55. The van der Waals surface area contributed by atoms with Crippen LogP contribution in [0.25, 0.3) is 0 Å². The Labute approximate surface area is 119 Å². The summed E-state index contributed by atoms with van der Waals surface area (Å²) in [5.41, 5.74) is 3.20. The molecule has 4 aliphatic carbocycles. The molecule has 0 saturated heterocycles. The summed E-state index contributed by atoms with van der Waals surface area (Å²) in [4.78, 5) is 0. The van der Waals surface area contributed by atoms with Gasteiger partial charge in [0.05, 0.1) is 0 Å². The fourth-order valence-electron chi connectivity index (χ4n) is 6.11. The van der Waals surface area contributed by atoms with Crippen LogP contribution in [0.15, 0.2) is 36.4 Å². The highest BCUT2D eigenvalue weighted by Crippen LogP contribution is 2.72. The molecule has 2 heteroatoms. The maximum Gasteiger partial charge on any atom is 0.180 e. The molecule has 6 unspecified atom stereocenters. The Kier molecular flexibility index (Phi) is 2.05. The van der Waals surface area contributed by atoms with Crippen molar-refractivity contribution in [1.82, 2.24) is 0 Å². The smallest absolute Gasteiger partial charge is 0.180 e. The van der Waals surface area contributed by atoms with Gasteiger partial charge in [-0.25, -0.2) is 0 Å². The van der Waals surface area contributed by atoms with Crippen molar-refractivity contribution >= 4 is 0 Å². The molecule has 0 heterocycles. The predicted octanol–water partition coefficient (Wildman–Crippen LogP) is 3.31. The SMILES string of the molecule is COC1(OC)C2C=CC1C1C3CC(c4ccccc43)C12. The average molecular weight is 268 g/mol. The first-order chi connectivity index (χ1) is 9.81. The van der Waals surface area contributed by atoms with E-state index in [0.29, 0.717) is 35.5 Å². The van der Waals surface area contributed by atoms with E-state index < -0.39 is 5.79 Å². The zero-order valence-electron chi connectivity index (χ0n) is 12.0. The van der Waals surface area contributed by atoms with Gasteiger partial charge in [0, 0.05) is 26.1 Å². The van der Waals surface area contributed by atoms with E-state index in [1.807, 2.05) is 14.2 Å². The Bertz CT molecular complexity index is 554. The minimum atomic E-state index is -0.395. The quantitative estimate of drug-likeness (QED) is 0.465. The lowest BCUT2D eigenvalue weighted by molar-refractivity contribution is -0.235. The van der Waals surface area contributed by atoms with Crippen molar-refractivity contribution in [3.05, 3.63) is 47.5 Å². The van der Waals surface area contributed by atoms with E-state index in [9.17, 15) is 0 Å². The molecule has 2 fully saturated rings. The Balaban J connectivity index is 1.66. The number of methoxy groups -OCH3 is 2. The Hall–Kier alpha value is -1.12. The van der Waals surface area contributed by atoms with Crippen molar-refractivity contribution in [2.45, 2.75) is 24.0 Å². The molecule has 2 nitrogen and oxygen atoms in total. The summed E-state index contributed by atoms with van der Waals surface area (Å²) in [6.45, 7) is 0. The van der Waals surface area contributed by atoms with Crippen molar-refractivity contribution in [1.29, 1.82) is 0 Å². The number of fused-ring (bicyclic) bond motifs is 12. The molecule has 2 saturated carbocycles. The van der Waals surface area contributed by atoms with Crippen LogP contribution in [-0.4, -0.2) is 20.0 Å². The zero-order valence-corrected chi connectivity index (χ0v) is 12.0. The van der Waals surface area contributed by atoms with E-state index in [4.69, 9.17) is 9.47 Å². The minimum absolute atomic E-state index is 0.395. The van der Waals surface area contributed by atoms with Crippen LogP contribution in [0, 0.1) is 23.7 Å². The molecule has 104 valence electrons. The second-order valence-electron chi connectivity index (χ2n) is 6.80. The molecule has 1 aromatic carbocycles. The van der Waals surface area contributed by atoms with Crippen LogP contribution < -0.4 is 0 Å². The first-order valence-electron chi connectivity index (χ1n) is 7.69. The van der Waals surface area contributed by atoms with E-state index in [1.54, 1.807) is 11.1 Å². The number of rotatable bonds is 2. The lowest BCUT2D eigenvalue weighted by Crippen LogP contribution is -2.41. The fraction of sp³-hybridized carbons (Fsp3) is 0.556. The molecule has 0 amide bonds. The van der Waals surface area contributed by atoms with Crippen molar-refractivity contribution in [2.75, 3.05) is 14.2 Å². The van der Waals surface area contributed by atoms with Crippen molar-refractivity contribution in [3.8, 4) is 0 Å². The number of hydrogen-bond acceptors (Lipinski definition) is 2. The Morgan fingerprint density at radius 1 is 0.900 bits per heavy atom. The standard InChI is InChI=1S/C18H20O2/c1-19-18(20-2)14-7-8-15(18)17-13-9-12(16(14)17)10-5-3-4-6-11(10)13/h3-8,12-17H,9H2,1-2H3. The highest BCUT2D eigenvalue weighted by atomic mass is 16.7. The van der Waals surface area contributed by atoms with Gasteiger partial charge in [-0.3, -0.25) is 0 Å². The van der Waals surface area contributed by atoms with Gasteiger partial charge >= 0.3 is 0 Å². The van der Waals surface area contributed by atoms with Crippen molar-refractivity contribution in [3.63, 3.8) is 0 Å². The van der Waals surface area contributed by atoms with Gasteiger partial charge in [-0.2, -0.15) is 0 Å². The third kappa shape index (κ3) is 1.01. The van der Waals surface area contributed by atoms with E-state index in [0.717, 1.165) is 0 Å². The van der Waals surface area contributed by atoms with E-state index in [1.165, 1.54) is 6.42 Å². The van der Waals surface area contributed by atoms with Gasteiger partial charge < -0.3 is 9.47 Å². The van der Waals surface area contributed by atoms with Gasteiger partial charge in [-0.1, -0.05) is 36.4 Å². The van der Waals surface area contributed by atoms with E-state index in [2.05, 4.69) is 36.4 Å². The largest absolute Gasteiger partial charge is 0.352 e. The first kappa shape index (κ1) is 11.5. The summed E-state index contributed by atoms with van der Waals surface area (Å²) in [6, 6.07) is 9.06. The summed E-state index contributed by atoms with van der Waals surface area (Å²) in [7, 11) is 3.62. The topological polar surface area (TPSA) is 18.5 Å². The molecule has 0 N–H and O–H groups in total. The first-order valence-corrected chi connectivity index (χ1v) is 7.69. The Morgan fingerprint density at radius 3 is 1.85 bits per heavy atom. The van der Waals surface area contributed by atoms with Gasteiger partial charge in [0.15, 0.2) is 5.79 Å². The number of hydrogen-bond donors (Lipinski definition) is 0. The summed E-state index contributed by atoms with van der Waals surface area (Å²) in [5, 5.41) is 0. The maximum absolute atomic E-state index is 5.91. The monoisotopic (exact) mass is 268 g/mol. The number of ether oxygens (including phenoxy) is 2. The van der Waals surface area contributed by atoms with E-state index in [-0.39, 0.29) is 0 Å². The molecule has 0 spiro atoms. The lowest BCUT2D eigenvalue weighted by atomic mass is 9.71. The van der Waals surface area contributed by atoms with Gasteiger partial charge in [0.25, 0.3) is 0 Å². The predicted molar refractivity (Wildman–Crippen MR) is 76.4 cm³/mol. The normalized spacial score (nSPS) is 44.9.